The van der Waals surface area contributed by atoms with Crippen molar-refractivity contribution in [3.8, 4) is 0 Å². The molecule has 2 nitrogen and oxygen atoms in total. The van der Waals surface area contributed by atoms with Gasteiger partial charge in [-0.25, -0.2) is 0 Å². The summed E-state index contributed by atoms with van der Waals surface area (Å²) in [4.78, 5) is 13.1. The number of carbonyl (C=O) groups is 1. The maximum absolute atomic E-state index is 12.5. The highest BCUT2D eigenvalue weighted by molar-refractivity contribution is 7.09. The average Bonchev–Trinajstić information content (AvgIpc) is 3.12. The molecule has 1 aromatic carbocycles. The van der Waals surface area contributed by atoms with Crippen LogP contribution in [0.15, 0.2) is 41.8 Å². The number of benzene rings is 1. The normalized spacial score (nSPS) is 20.7. The first-order valence-electron chi connectivity index (χ1n) is 6.92. The zero-order valence-electron chi connectivity index (χ0n) is 11.6. The molecule has 0 bridgehead atoms. The summed E-state index contributed by atoms with van der Waals surface area (Å²) in [7, 11) is 0. The van der Waals surface area contributed by atoms with E-state index in [-0.39, 0.29) is 17.7 Å². The Labute approximate surface area is 130 Å². The van der Waals surface area contributed by atoms with Crippen LogP contribution in [0.25, 0.3) is 0 Å². The Morgan fingerprint density at radius 3 is 2.55 bits per heavy atom. The molecule has 2 atom stereocenters. The Bertz CT molecular complexity index is 649. The molecule has 0 aliphatic heterocycles. The SMILES string of the molecule is O=C(NCc1cccs1)C1CC1c1ccc(C(F)(F)F)cc1. The highest BCUT2D eigenvalue weighted by atomic mass is 32.1. The first-order chi connectivity index (χ1) is 10.4. The molecule has 1 N–H and O–H groups in total. The molecule has 1 heterocycles. The van der Waals surface area contributed by atoms with E-state index in [2.05, 4.69) is 5.32 Å². The third-order valence-corrected chi connectivity index (χ3v) is 4.69. The van der Waals surface area contributed by atoms with Crippen molar-refractivity contribution in [1.82, 2.24) is 5.32 Å². The van der Waals surface area contributed by atoms with E-state index in [9.17, 15) is 18.0 Å². The number of hydrogen-bond donors (Lipinski definition) is 1. The molecule has 1 aromatic heterocycles. The van der Waals surface area contributed by atoms with E-state index in [0.29, 0.717) is 13.0 Å². The minimum Gasteiger partial charge on any atom is -0.351 e. The molecular weight excluding hydrogens is 311 g/mol. The summed E-state index contributed by atoms with van der Waals surface area (Å²) in [6, 6.07) is 8.97. The lowest BCUT2D eigenvalue weighted by atomic mass is 10.1. The van der Waals surface area contributed by atoms with Gasteiger partial charge < -0.3 is 5.32 Å². The summed E-state index contributed by atoms with van der Waals surface area (Å²) < 4.78 is 37.5. The quantitative estimate of drug-likeness (QED) is 0.897. The topological polar surface area (TPSA) is 29.1 Å². The zero-order valence-corrected chi connectivity index (χ0v) is 12.4. The number of nitrogens with one attached hydrogen (secondary N) is 1. The second-order valence-electron chi connectivity index (χ2n) is 5.37. The van der Waals surface area contributed by atoms with Crippen LogP contribution in [0.4, 0.5) is 13.2 Å². The fourth-order valence-corrected chi connectivity index (χ4v) is 3.14. The van der Waals surface area contributed by atoms with Gasteiger partial charge in [-0.15, -0.1) is 11.3 Å². The molecule has 6 heteroatoms. The molecule has 1 amide bonds. The highest BCUT2D eigenvalue weighted by Crippen LogP contribution is 2.48. The summed E-state index contributed by atoms with van der Waals surface area (Å²) in [6.07, 6.45) is -3.62. The predicted octanol–water partition coefficient (Wildman–Crippen LogP) is 4.19. The lowest BCUT2D eigenvalue weighted by Crippen LogP contribution is -2.24. The summed E-state index contributed by atoms with van der Waals surface area (Å²) in [6.45, 7) is 0.507. The smallest absolute Gasteiger partial charge is 0.351 e. The third kappa shape index (κ3) is 3.32. The lowest BCUT2D eigenvalue weighted by molar-refractivity contribution is -0.137. The second kappa shape index (κ2) is 5.76. The van der Waals surface area contributed by atoms with Crippen molar-refractivity contribution in [3.63, 3.8) is 0 Å². The van der Waals surface area contributed by atoms with Gasteiger partial charge >= 0.3 is 6.18 Å². The highest BCUT2D eigenvalue weighted by Gasteiger charge is 2.44. The minimum atomic E-state index is -4.32. The van der Waals surface area contributed by atoms with Gasteiger partial charge in [0.1, 0.15) is 0 Å². The summed E-state index contributed by atoms with van der Waals surface area (Å²) >= 11 is 1.58. The van der Waals surface area contributed by atoms with Crippen LogP contribution >= 0.6 is 11.3 Å². The standard InChI is InChI=1S/C16H14F3NOS/c17-16(18,19)11-5-3-10(4-6-11)13-8-14(13)15(21)20-9-12-2-1-7-22-12/h1-7,13-14H,8-9H2,(H,20,21). The van der Waals surface area contributed by atoms with E-state index in [1.807, 2.05) is 17.5 Å². The fraction of sp³-hybridized carbons (Fsp3) is 0.312. The Morgan fingerprint density at radius 2 is 1.95 bits per heavy atom. The monoisotopic (exact) mass is 325 g/mol. The summed E-state index contributed by atoms with van der Waals surface area (Å²) in [5, 5.41) is 4.82. The summed E-state index contributed by atoms with van der Waals surface area (Å²) in [5.41, 5.74) is 0.139. The molecule has 116 valence electrons. The number of rotatable bonds is 4. The van der Waals surface area contributed by atoms with E-state index in [4.69, 9.17) is 0 Å². The molecule has 2 aromatic rings. The van der Waals surface area contributed by atoms with Gasteiger partial charge in [-0.2, -0.15) is 13.2 Å². The number of carbonyl (C=O) groups excluding carboxylic acids is 1. The number of halogens is 3. The van der Waals surface area contributed by atoms with E-state index < -0.39 is 11.7 Å². The molecule has 2 unspecified atom stereocenters. The van der Waals surface area contributed by atoms with Crippen molar-refractivity contribution in [2.75, 3.05) is 0 Å². The number of hydrogen-bond acceptors (Lipinski definition) is 2. The Balaban J connectivity index is 1.56. The van der Waals surface area contributed by atoms with Gasteiger partial charge in [-0.3, -0.25) is 4.79 Å². The lowest BCUT2D eigenvalue weighted by Gasteiger charge is -2.07. The summed E-state index contributed by atoms with van der Waals surface area (Å²) in [5.74, 6) is -0.124. The van der Waals surface area contributed by atoms with E-state index >= 15 is 0 Å². The maximum atomic E-state index is 12.5. The molecule has 1 aliphatic rings. The van der Waals surface area contributed by atoms with Gasteiger partial charge in [0.25, 0.3) is 0 Å². The van der Waals surface area contributed by atoms with Crippen molar-refractivity contribution in [3.05, 3.63) is 57.8 Å². The van der Waals surface area contributed by atoms with Crippen molar-refractivity contribution >= 4 is 17.2 Å². The fourth-order valence-electron chi connectivity index (χ4n) is 2.49. The van der Waals surface area contributed by atoms with Crippen LogP contribution in [-0.4, -0.2) is 5.91 Å². The average molecular weight is 325 g/mol. The molecule has 3 rings (SSSR count). The van der Waals surface area contributed by atoms with E-state index in [0.717, 1.165) is 22.6 Å². The number of thiophene rings is 1. The van der Waals surface area contributed by atoms with Crippen molar-refractivity contribution in [2.24, 2.45) is 5.92 Å². The van der Waals surface area contributed by atoms with Crippen LogP contribution in [-0.2, 0) is 17.5 Å². The Hall–Kier alpha value is -1.82. The van der Waals surface area contributed by atoms with Crippen molar-refractivity contribution in [1.29, 1.82) is 0 Å². The van der Waals surface area contributed by atoms with Crippen molar-refractivity contribution < 1.29 is 18.0 Å². The molecule has 0 radical (unpaired) electrons. The largest absolute Gasteiger partial charge is 0.416 e. The second-order valence-corrected chi connectivity index (χ2v) is 6.40. The van der Waals surface area contributed by atoms with E-state index in [1.54, 1.807) is 11.3 Å². The molecule has 0 saturated heterocycles. The zero-order chi connectivity index (χ0) is 15.7. The van der Waals surface area contributed by atoms with Crippen LogP contribution in [0, 0.1) is 5.92 Å². The van der Waals surface area contributed by atoms with Crippen LogP contribution in [0.3, 0.4) is 0 Å². The van der Waals surface area contributed by atoms with Gasteiger partial charge in [0.05, 0.1) is 12.1 Å². The van der Waals surface area contributed by atoms with Crippen LogP contribution < -0.4 is 5.32 Å². The molecule has 22 heavy (non-hydrogen) atoms. The van der Waals surface area contributed by atoms with Gasteiger partial charge in [0.2, 0.25) is 5.91 Å². The maximum Gasteiger partial charge on any atom is 0.416 e. The Morgan fingerprint density at radius 1 is 1.23 bits per heavy atom. The first kappa shape index (κ1) is 15.1. The van der Waals surface area contributed by atoms with Gasteiger partial charge in [0.15, 0.2) is 0 Å². The number of alkyl halides is 3. The van der Waals surface area contributed by atoms with Crippen LogP contribution in [0.2, 0.25) is 0 Å². The van der Waals surface area contributed by atoms with E-state index in [1.165, 1.54) is 12.1 Å². The van der Waals surface area contributed by atoms with Gasteiger partial charge in [-0.05, 0) is 41.5 Å². The Kier molecular flexibility index (Phi) is 3.95. The molecule has 1 aliphatic carbocycles. The molecule has 1 fully saturated rings. The van der Waals surface area contributed by atoms with Crippen LogP contribution in [0.5, 0.6) is 0 Å². The third-order valence-electron chi connectivity index (χ3n) is 3.81. The predicted molar refractivity (Wildman–Crippen MR) is 78.5 cm³/mol. The van der Waals surface area contributed by atoms with Gasteiger partial charge in [-0.1, -0.05) is 18.2 Å². The molecule has 1 saturated carbocycles. The molecular formula is C16H14F3NOS. The first-order valence-corrected chi connectivity index (χ1v) is 7.80. The van der Waals surface area contributed by atoms with Crippen LogP contribution in [0.1, 0.15) is 28.3 Å². The number of amides is 1. The van der Waals surface area contributed by atoms with Crippen molar-refractivity contribution in [2.45, 2.75) is 25.1 Å². The minimum absolute atomic E-state index is 0.0294. The molecule has 0 spiro atoms. The van der Waals surface area contributed by atoms with Gasteiger partial charge in [0, 0.05) is 10.8 Å².